The van der Waals surface area contributed by atoms with Crippen LogP contribution in [0.5, 0.6) is 0 Å². The Kier molecular flexibility index (Phi) is 7.12. The molecule has 5 nitrogen and oxygen atoms in total. The molecule has 1 atom stereocenters. The van der Waals surface area contributed by atoms with E-state index in [0.29, 0.717) is 18.8 Å². The molecule has 0 aromatic heterocycles. The number of aliphatic hydroxyl groups excluding tert-OH is 1. The molecule has 2 N–H and O–H groups in total. The molecule has 0 radical (unpaired) electrons. The summed E-state index contributed by atoms with van der Waals surface area (Å²) >= 11 is 0. The Morgan fingerprint density at radius 3 is 2.50 bits per heavy atom. The number of benzene rings is 2. The molecule has 0 bridgehead atoms. The van der Waals surface area contributed by atoms with Crippen LogP contribution in [0.25, 0.3) is 6.08 Å². The Hall–Kier alpha value is -2.84. The van der Waals surface area contributed by atoms with Crippen molar-refractivity contribution in [3.8, 4) is 0 Å². The minimum atomic E-state index is -4.40. The van der Waals surface area contributed by atoms with Crippen molar-refractivity contribution >= 4 is 17.7 Å². The maximum absolute atomic E-state index is 12.6. The molecule has 1 fully saturated rings. The van der Waals surface area contributed by atoms with Crippen LogP contribution >= 0.6 is 0 Å². The van der Waals surface area contributed by atoms with E-state index in [0.717, 1.165) is 36.5 Å². The highest BCUT2D eigenvalue weighted by Crippen LogP contribution is 2.29. The molecular formula is C22H23F3N2O3. The largest absolute Gasteiger partial charge is 0.416 e. The number of carbonyl (C=O) groups excluding carboxylic acids is 1. The molecule has 0 spiro atoms. The summed E-state index contributed by atoms with van der Waals surface area (Å²) in [6.07, 6.45) is -1.74. The average Bonchev–Trinajstić information content (AvgIpc) is 2.76. The lowest BCUT2D eigenvalue weighted by atomic mass is 10.1. The standard InChI is InChI=1S/C22H23F3N2O3/c23-22(24,25)18-7-4-16(5-8-18)6-9-21(29)26-20(15-28)17-2-1-3-19(14-17)27-10-12-30-13-11-27/h1-9,14,20,28H,10-13,15H2,(H,26,29)/t20-/m1/s1. The first-order chi connectivity index (χ1) is 14.4. The Labute approximate surface area is 172 Å². The minimum absolute atomic E-state index is 0.285. The second kappa shape index (κ2) is 9.77. The SMILES string of the molecule is O=C(C=Cc1ccc(C(F)(F)F)cc1)N[C@H](CO)c1cccc(N2CCOCC2)c1. The number of hydrogen-bond donors (Lipinski definition) is 2. The van der Waals surface area contributed by atoms with Crippen molar-refractivity contribution in [3.05, 3.63) is 71.3 Å². The molecule has 30 heavy (non-hydrogen) atoms. The van der Waals surface area contributed by atoms with Gasteiger partial charge < -0.3 is 20.1 Å². The van der Waals surface area contributed by atoms with Crippen molar-refractivity contribution in [3.63, 3.8) is 0 Å². The zero-order valence-corrected chi connectivity index (χ0v) is 16.2. The van der Waals surface area contributed by atoms with Gasteiger partial charge >= 0.3 is 6.18 Å². The predicted octanol–water partition coefficient (Wildman–Crippen LogP) is 3.41. The zero-order chi connectivity index (χ0) is 21.6. The fraction of sp³-hybridized carbons (Fsp3) is 0.318. The fourth-order valence-electron chi connectivity index (χ4n) is 3.17. The van der Waals surface area contributed by atoms with Crippen LogP contribution in [0, 0.1) is 0 Å². The fourth-order valence-corrected chi connectivity index (χ4v) is 3.17. The van der Waals surface area contributed by atoms with Crippen molar-refractivity contribution < 1.29 is 27.8 Å². The number of rotatable bonds is 6. The highest BCUT2D eigenvalue weighted by atomic mass is 19.4. The van der Waals surface area contributed by atoms with Crippen LogP contribution in [0.4, 0.5) is 18.9 Å². The van der Waals surface area contributed by atoms with E-state index in [1.54, 1.807) is 0 Å². The molecule has 2 aromatic carbocycles. The molecule has 3 rings (SSSR count). The number of alkyl halides is 3. The second-order valence-corrected chi connectivity index (χ2v) is 6.89. The number of anilines is 1. The van der Waals surface area contributed by atoms with Crippen LogP contribution < -0.4 is 10.2 Å². The zero-order valence-electron chi connectivity index (χ0n) is 16.2. The first kappa shape index (κ1) is 21.9. The molecule has 0 saturated carbocycles. The number of carbonyl (C=O) groups is 1. The van der Waals surface area contributed by atoms with Gasteiger partial charge in [0.05, 0.1) is 31.4 Å². The summed E-state index contributed by atoms with van der Waals surface area (Å²) < 4.78 is 43.2. The third-order valence-electron chi connectivity index (χ3n) is 4.81. The topological polar surface area (TPSA) is 61.8 Å². The molecule has 1 amide bonds. The molecule has 1 aliphatic rings. The van der Waals surface area contributed by atoms with Gasteiger partial charge in [-0.05, 0) is 41.5 Å². The average molecular weight is 420 g/mol. The number of nitrogens with zero attached hydrogens (tertiary/aromatic N) is 1. The summed E-state index contributed by atoms with van der Waals surface area (Å²) in [6.45, 7) is 2.57. The Morgan fingerprint density at radius 2 is 1.87 bits per heavy atom. The molecule has 160 valence electrons. The number of aliphatic hydroxyl groups is 1. The van der Waals surface area contributed by atoms with Crippen LogP contribution in [0.2, 0.25) is 0 Å². The van der Waals surface area contributed by atoms with Crippen molar-refractivity contribution in [2.75, 3.05) is 37.8 Å². The van der Waals surface area contributed by atoms with Crippen LogP contribution in [0.3, 0.4) is 0 Å². The van der Waals surface area contributed by atoms with Gasteiger partial charge in [-0.3, -0.25) is 4.79 Å². The van der Waals surface area contributed by atoms with E-state index in [-0.39, 0.29) is 6.61 Å². The lowest BCUT2D eigenvalue weighted by Crippen LogP contribution is -2.36. The summed E-state index contributed by atoms with van der Waals surface area (Å²) in [7, 11) is 0. The van der Waals surface area contributed by atoms with Crippen molar-refractivity contribution in [1.82, 2.24) is 5.32 Å². The number of ether oxygens (including phenoxy) is 1. The monoisotopic (exact) mass is 420 g/mol. The van der Waals surface area contributed by atoms with Crippen molar-refractivity contribution in [1.29, 1.82) is 0 Å². The van der Waals surface area contributed by atoms with Crippen LogP contribution in [-0.2, 0) is 15.7 Å². The van der Waals surface area contributed by atoms with Gasteiger partial charge in [0, 0.05) is 24.9 Å². The normalized spacial score (nSPS) is 15.9. The molecule has 0 aliphatic carbocycles. The molecule has 0 unspecified atom stereocenters. The number of nitrogens with one attached hydrogen (secondary N) is 1. The number of halogens is 3. The van der Waals surface area contributed by atoms with Crippen molar-refractivity contribution in [2.24, 2.45) is 0 Å². The quantitative estimate of drug-likeness (QED) is 0.704. The lowest BCUT2D eigenvalue weighted by molar-refractivity contribution is -0.137. The second-order valence-electron chi connectivity index (χ2n) is 6.89. The molecule has 8 heteroatoms. The first-order valence-electron chi connectivity index (χ1n) is 9.56. The molecular weight excluding hydrogens is 397 g/mol. The number of hydrogen-bond acceptors (Lipinski definition) is 4. The van der Waals surface area contributed by atoms with E-state index < -0.39 is 23.7 Å². The van der Waals surface area contributed by atoms with Gasteiger partial charge in [-0.15, -0.1) is 0 Å². The van der Waals surface area contributed by atoms with E-state index in [1.165, 1.54) is 24.3 Å². The summed E-state index contributed by atoms with van der Waals surface area (Å²) in [5, 5.41) is 12.5. The van der Waals surface area contributed by atoms with Gasteiger partial charge in [-0.1, -0.05) is 24.3 Å². The highest BCUT2D eigenvalue weighted by Gasteiger charge is 2.29. The minimum Gasteiger partial charge on any atom is -0.394 e. The highest BCUT2D eigenvalue weighted by molar-refractivity contribution is 5.92. The Bertz CT molecular complexity index is 876. The van der Waals surface area contributed by atoms with Gasteiger partial charge in [0.2, 0.25) is 5.91 Å². The maximum Gasteiger partial charge on any atom is 0.416 e. The summed E-state index contributed by atoms with van der Waals surface area (Å²) in [6, 6.07) is 11.5. The van der Waals surface area contributed by atoms with E-state index in [4.69, 9.17) is 4.74 Å². The van der Waals surface area contributed by atoms with Gasteiger partial charge in [0.25, 0.3) is 0 Å². The smallest absolute Gasteiger partial charge is 0.394 e. The summed E-state index contributed by atoms with van der Waals surface area (Å²) in [5.74, 6) is -0.453. The van der Waals surface area contributed by atoms with E-state index in [9.17, 15) is 23.1 Å². The lowest BCUT2D eigenvalue weighted by Gasteiger charge is -2.29. The van der Waals surface area contributed by atoms with Crippen molar-refractivity contribution in [2.45, 2.75) is 12.2 Å². The van der Waals surface area contributed by atoms with E-state index >= 15 is 0 Å². The van der Waals surface area contributed by atoms with Crippen LogP contribution in [-0.4, -0.2) is 43.9 Å². The van der Waals surface area contributed by atoms with Gasteiger partial charge in [0.1, 0.15) is 0 Å². The molecule has 2 aromatic rings. The van der Waals surface area contributed by atoms with E-state index in [1.807, 2.05) is 24.3 Å². The first-order valence-corrected chi connectivity index (χ1v) is 9.56. The third-order valence-corrected chi connectivity index (χ3v) is 4.81. The molecule has 1 saturated heterocycles. The van der Waals surface area contributed by atoms with Crippen LogP contribution in [0.15, 0.2) is 54.6 Å². The van der Waals surface area contributed by atoms with E-state index in [2.05, 4.69) is 10.2 Å². The summed E-state index contributed by atoms with van der Waals surface area (Å²) in [5.41, 5.74) is 1.47. The van der Waals surface area contributed by atoms with Gasteiger partial charge in [0.15, 0.2) is 0 Å². The van der Waals surface area contributed by atoms with Gasteiger partial charge in [-0.25, -0.2) is 0 Å². The molecule has 1 heterocycles. The Morgan fingerprint density at radius 1 is 1.17 bits per heavy atom. The van der Waals surface area contributed by atoms with Crippen LogP contribution in [0.1, 0.15) is 22.7 Å². The number of morpholine rings is 1. The summed E-state index contributed by atoms with van der Waals surface area (Å²) in [4.78, 5) is 14.4. The van der Waals surface area contributed by atoms with Gasteiger partial charge in [-0.2, -0.15) is 13.2 Å². The number of amides is 1. The third kappa shape index (κ3) is 5.84. The Balaban J connectivity index is 1.64. The maximum atomic E-state index is 12.6. The molecule has 1 aliphatic heterocycles. The predicted molar refractivity (Wildman–Crippen MR) is 108 cm³/mol.